The maximum absolute atomic E-state index is 13.0. The molecule has 2 N–H and O–H groups in total. The summed E-state index contributed by atoms with van der Waals surface area (Å²) in [5, 5.41) is 30.5. The molecule has 1 aliphatic rings. The highest BCUT2D eigenvalue weighted by atomic mass is 32.1. The Morgan fingerprint density at radius 2 is 1.95 bits per heavy atom. The molecule has 1 aliphatic heterocycles. The first-order valence-electron chi connectivity index (χ1n) is 11.4. The molecule has 0 radical (unpaired) electrons. The predicted octanol–water partition coefficient (Wildman–Crippen LogP) is 2.71. The van der Waals surface area contributed by atoms with Crippen LogP contribution in [0.1, 0.15) is 21.7 Å². The average Bonchev–Trinajstić information content (AvgIpc) is 3.49. The number of nitro groups is 1. The van der Waals surface area contributed by atoms with Crippen LogP contribution in [0.2, 0.25) is 0 Å². The van der Waals surface area contributed by atoms with E-state index < -0.39 is 10.8 Å². The summed E-state index contributed by atoms with van der Waals surface area (Å²) < 4.78 is 7.09. The van der Waals surface area contributed by atoms with Crippen molar-refractivity contribution in [2.75, 3.05) is 31.2 Å². The predicted molar refractivity (Wildman–Crippen MR) is 142 cm³/mol. The van der Waals surface area contributed by atoms with E-state index in [0.717, 1.165) is 26.9 Å². The Bertz CT molecular complexity index is 1480. The van der Waals surface area contributed by atoms with Crippen LogP contribution >= 0.6 is 23.6 Å². The maximum atomic E-state index is 13.0. The lowest BCUT2D eigenvalue weighted by Crippen LogP contribution is -2.41. The van der Waals surface area contributed by atoms with E-state index in [1.54, 1.807) is 10.6 Å². The Kier molecular flexibility index (Phi) is 7.03. The van der Waals surface area contributed by atoms with Crippen LogP contribution in [0.5, 0.6) is 0 Å². The molecule has 0 unspecified atom stereocenters. The van der Waals surface area contributed by atoms with E-state index in [0.29, 0.717) is 38.5 Å². The van der Waals surface area contributed by atoms with Gasteiger partial charge in [-0.15, -0.1) is 10.2 Å². The zero-order valence-corrected chi connectivity index (χ0v) is 21.3. The molecule has 0 aliphatic carbocycles. The van der Waals surface area contributed by atoms with Gasteiger partial charge < -0.3 is 15.0 Å². The summed E-state index contributed by atoms with van der Waals surface area (Å²) in [4.78, 5) is 26.5. The third kappa shape index (κ3) is 5.40. The van der Waals surface area contributed by atoms with Crippen LogP contribution in [-0.2, 0) is 11.3 Å². The molecule has 12 nitrogen and oxygen atoms in total. The van der Waals surface area contributed by atoms with Crippen LogP contribution < -0.4 is 15.5 Å². The summed E-state index contributed by atoms with van der Waals surface area (Å²) in [6.45, 7) is 4.44. The van der Waals surface area contributed by atoms with Crippen molar-refractivity contribution in [3.8, 4) is 10.6 Å². The van der Waals surface area contributed by atoms with Crippen LogP contribution in [-0.4, -0.2) is 62.1 Å². The zero-order chi connectivity index (χ0) is 25.9. The topological polar surface area (TPSA) is 140 Å². The minimum Gasteiger partial charge on any atom is -0.378 e. The fraction of sp³-hybridized carbons (Fsp3) is 0.261. The number of aromatic nitrogens is 4. The summed E-state index contributed by atoms with van der Waals surface area (Å²) in [5.74, 6) is 0.215. The lowest BCUT2D eigenvalue weighted by molar-refractivity contribution is -0.384. The number of hydrogen-bond donors (Lipinski definition) is 2. The first kappa shape index (κ1) is 24.7. The molecule has 1 amide bonds. The smallest absolute Gasteiger partial charge is 0.270 e. The van der Waals surface area contributed by atoms with Gasteiger partial charge in [0.05, 0.1) is 29.4 Å². The number of hydrogen-bond acceptors (Lipinski definition) is 10. The number of aryl methyl sites for hydroxylation is 1. The highest BCUT2D eigenvalue weighted by Gasteiger charge is 2.22. The Balaban J connectivity index is 1.23. The second-order valence-electron chi connectivity index (χ2n) is 8.24. The van der Waals surface area contributed by atoms with E-state index in [2.05, 4.69) is 25.9 Å². The first-order valence-corrected chi connectivity index (χ1v) is 12.6. The van der Waals surface area contributed by atoms with Crippen molar-refractivity contribution in [3.63, 3.8) is 0 Å². The number of nitrogens with one attached hydrogen (secondary N) is 2. The minimum atomic E-state index is -0.526. The number of rotatable bonds is 6. The van der Waals surface area contributed by atoms with E-state index in [9.17, 15) is 14.9 Å². The molecule has 2 aromatic heterocycles. The lowest BCUT2D eigenvalue weighted by atomic mass is 10.1. The van der Waals surface area contributed by atoms with Crippen molar-refractivity contribution < 1.29 is 14.5 Å². The molecule has 2 aromatic carbocycles. The second-order valence-corrected chi connectivity index (χ2v) is 9.60. The van der Waals surface area contributed by atoms with Crippen LogP contribution in [0.4, 0.5) is 11.4 Å². The van der Waals surface area contributed by atoms with Gasteiger partial charge in [-0.3, -0.25) is 20.2 Å². The molecule has 0 spiro atoms. The zero-order valence-electron chi connectivity index (χ0n) is 19.7. The van der Waals surface area contributed by atoms with Gasteiger partial charge in [-0.2, -0.15) is 9.61 Å². The third-order valence-electron chi connectivity index (χ3n) is 5.82. The maximum Gasteiger partial charge on any atom is 0.270 e. The summed E-state index contributed by atoms with van der Waals surface area (Å²) in [5.41, 5.74) is 2.52. The van der Waals surface area contributed by atoms with Crippen molar-refractivity contribution in [3.05, 3.63) is 69.5 Å². The SMILES string of the molecule is Cc1nnc2sc(-c3ccc(CNC(=S)NC(=O)c4cc([N+](=O)[O-])ccc4N4CCOCC4)cc3)nn12. The molecule has 4 aromatic rings. The van der Waals surface area contributed by atoms with E-state index >= 15 is 0 Å². The van der Waals surface area contributed by atoms with Gasteiger partial charge in [0.1, 0.15) is 5.01 Å². The second kappa shape index (κ2) is 10.5. The molecular formula is C23H22N8O4S2. The number of nitrogens with zero attached hydrogens (tertiary/aromatic N) is 6. The molecule has 0 bridgehead atoms. The van der Waals surface area contributed by atoms with E-state index in [1.807, 2.05) is 36.1 Å². The van der Waals surface area contributed by atoms with E-state index in [4.69, 9.17) is 17.0 Å². The van der Waals surface area contributed by atoms with Crippen LogP contribution in [0.3, 0.4) is 0 Å². The number of benzene rings is 2. The van der Waals surface area contributed by atoms with Gasteiger partial charge in [0.2, 0.25) is 4.96 Å². The molecule has 1 fully saturated rings. The van der Waals surface area contributed by atoms with Crippen molar-refractivity contribution in [2.24, 2.45) is 0 Å². The summed E-state index contributed by atoms with van der Waals surface area (Å²) >= 11 is 6.78. The molecule has 1 saturated heterocycles. The highest BCUT2D eigenvalue weighted by molar-refractivity contribution is 7.80. The molecule has 3 heterocycles. The number of non-ortho nitro benzene ring substituents is 1. The molecule has 14 heteroatoms. The summed E-state index contributed by atoms with van der Waals surface area (Å²) in [7, 11) is 0. The lowest BCUT2D eigenvalue weighted by Gasteiger charge is -2.30. The monoisotopic (exact) mass is 538 g/mol. The number of morpholine rings is 1. The van der Waals surface area contributed by atoms with Crippen LogP contribution in [0.15, 0.2) is 42.5 Å². The van der Waals surface area contributed by atoms with Crippen LogP contribution in [0.25, 0.3) is 15.5 Å². The van der Waals surface area contributed by atoms with Gasteiger partial charge in [-0.05, 0) is 30.8 Å². The molecule has 5 rings (SSSR count). The standard InChI is InChI=1S/C23H22N8O4S2/c1-14-26-27-23-30(14)28-21(37-23)16-4-2-15(3-5-16)13-24-22(36)25-20(32)18-12-17(31(33)34)6-7-19(18)29-8-10-35-11-9-29/h2-7,12H,8-11,13H2,1H3,(H2,24,25,32,36). The Labute approximate surface area is 220 Å². The number of ether oxygens (including phenoxy) is 1. The van der Waals surface area contributed by atoms with Crippen LogP contribution in [0, 0.1) is 17.0 Å². The molecular weight excluding hydrogens is 516 g/mol. The Hall–Kier alpha value is -4.01. The molecule has 190 valence electrons. The normalized spacial score (nSPS) is 13.5. The first-order chi connectivity index (χ1) is 17.9. The van der Waals surface area contributed by atoms with Gasteiger partial charge in [-0.25, -0.2) is 0 Å². The highest BCUT2D eigenvalue weighted by Crippen LogP contribution is 2.27. The number of anilines is 1. The van der Waals surface area contributed by atoms with Crippen molar-refractivity contribution >= 4 is 50.9 Å². The fourth-order valence-corrected chi connectivity index (χ4v) is 4.95. The number of fused-ring (bicyclic) bond motifs is 1. The Morgan fingerprint density at radius 3 is 2.65 bits per heavy atom. The van der Waals surface area contributed by atoms with Gasteiger partial charge in [-0.1, -0.05) is 35.6 Å². The van der Waals surface area contributed by atoms with Gasteiger partial charge in [0, 0.05) is 37.3 Å². The third-order valence-corrected chi connectivity index (χ3v) is 7.01. The molecule has 37 heavy (non-hydrogen) atoms. The van der Waals surface area contributed by atoms with Crippen molar-refractivity contribution in [2.45, 2.75) is 13.5 Å². The number of carbonyl (C=O) groups excluding carboxylic acids is 1. The van der Waals surface area contributed by atoms with E-state index in [-0.39, 0.29) is 16.4 Å². The van der Waals surface area contributed by atoms with Gasteiger partial charge in [0.15, 0.2) is 10.9 Å². The number of carbonyl (C=O) groups is 1. The van der Waals surface area contributed by atoms with E-state index in [1.165, 1.54) is 23.5 Å². The fourth-order valence-electron chi connectivity index (χ4n) is 3.89. The minimum absolute atomic E-state index is 0.123. The van der Waals surface area contributed by atoms with Gasteiger partial charge in [0.25, 0.3) is 11.6 Å². The number of thiocarbonyl (C=S) groups is 1. The largest absolute Gasteiger partial charge is 0.378 e. The Morgan fingerprint density at radius 1 is 1.19 bits per heavy atom. The van der Waals surface area contributed by atoms with Crippen molar-refractivity contribution in [1.82, 2.24) is 30.4 Å². The molecule has 0 saturated carbocycles. The number of amides is 1. The van der Waals surface area contributed by atoms with Gasteiger partial charge >= 0.3 is 0 Å². The molecule has 0 atom stereocenters. The van der Waals surface area contributed by atoms with Crippen molar-refractivity contribution in [1.29, 1.82) is 0 Å². The number of nitro benzene ring substituents is 1. The quantitative estimate of drug-likeness (QED) is 0.214. The summed E-state index contributed by atoms with van der Waals surface area (Å²) in [6.07, 6.45) is 0. The summed E-state index contributed by atoms with van der Waals surface area (Å²) in [6, 6.07) is 12.1. The average molecular weight is 539 g/mol.